The summed E-state index contributed by atoms with van der Waals surface area (Å²) >= 11 is 0. The average Bonchev–Trinajstić information content (AvgIpc) is 2.63. The highest BCUT2D eigenvalue weighted by Crippen LogP contribution is 2.28. The molecule has 0 amide bonds. The number of phenols is 1. The van der Waals surface area contributed by atoms with Gasteiger partial charge in [0.05, 0.1) is 11.8 Å². The third-order valence-electron chi connectivity index (χ3n) is 4.93. The van der Waals surface area contributed by atoms with Gasteiger partial charge in [-0.25, -0.2) is 0 Å². The minimum absolute atomic E-state index is 0.319. The first-order valence-corrected chi connectivity index (χ1v) is 9.67. The van der Waals surface area contributed by atoms with Gasteiger partial charge in [-0.1, -0.05) is 44.7 Å². The normalized spacial score (nSPS) is 19.3. The maximum absolute atomic E-state index is 10.5. The monoisotopic (exact) mass is 364 g/mol. The van der Waals surface area contributed by atoms with E-state index >= 15 is 0 Å². The summed E-state index contributed by atoms with van der Waals surface area (Å²) in [4.78, 5) is 21.0. The zero-order valence-electron chi connectivity index (χ0n) is 15.7. The quantitative estimate of drug-likeness (QED) is 0.572. The summed E-state index contributed by atoms with van der Waals surface area (Å²) in [6, 6.07) is 7.55. The molecular formula is C21H32O5. The molecular weight excluding hydrogens is 332 g/mol. The van der Waals surface area contributed by atoms with Gasteiger partial charge in [-0.05, 0) is 56.2 Å². The molecule has 1 aromatic rings. The molecule has 0 aromatic heterocycles. The highest BCUT2D eigenvalue weighted by Gasteiger charge is 2.29. The highest BCUT2D eigenvalue weighted by molar-refractivity contribution is 5.72. The van der Waals surface area contributed by atoms with Crippen LogP contribution in [0.1, 0.15) is 70.3 Å². The van der Waals surface area contributed by atoms with Gasteiger partial charge in [-0.3, -0.25) is 9.59 Å². The van der Waals surface area contributed by atoms with Crippen molar-refractivity contribution in [2.75, 3.05) is 0 Å². The van der Waals surface area contributed by atoms with Gasteiger partial charge in [-0.15, -0.1) is 0 Å². The van der Waals surface area contributed by atoms with Crippen LogP contribution in [0.3, 0.4) is 0 Å². The SMILES string of the molecule is CCCCCCCc1ccc(O)cc1.O=C(O)C1CCC(C(=O)O)CC1. The number of benzene rings is 1. The van der Waals surface area contributed by atoms with Crippen LogP contribution in [0.4, 0.5) is 0 Å². The summed E-state index contributed by atoms with van der Waals surface area (Å²) in [5.74, 6) is -1.86. The van der Waals surface area contributed by atoms with Crippen molar-refractivity contribution >= 4 is 11.9 Å². The van der Waals surface area contributed by atoms with Crippen LogP contribution in [0.2, 0.25) is 0 Å². The van der Waals surface area contributed by atoms with Crippen LogP contribution in [-0.2, 0) is 16.0 Å². The summed E-state index contributed by atoms with van der Waals surface area (Å²) in [6.45, 7) is 2.24. The molecule has 3 N–H and O–H groups in total. The van der Waals surface area contributed by atoms with E-state index in [0.29, 0.717) is 31.4 Å². The largest absolute Gasteiger partial charge is 0.508 e. The minimum Gasteiger partial charge on any atom is -0.508 e. The summed E-state index contributed by atoms with van der Waals surface area (Å²) < 4.78 is 0. The minimum atomic E-state index is -0.793. The third kappa shape index (κ3) is 8.88. The Hall–Kier alpha value is -2.04. The standard InChI is InChI=1S/C13H20O.C8H12O4/c1-2-3-4-5-6-7-12-8-10-13(14)11-9-12;9-7(10)5-1-2-6(4-3-5)8(11)12/h8-11,14H,2-7H2,1H3;5-6H,1-4H2,(H,9,10)(H,11,12). The number of aryl methyl sites for hydroxylation is 1. The van der Waals surface area contributed by atoms with Crippen LogP contribution in [0.25, 0.3) is 0 Å². The summed E-state index contributed by atoms with van der Waals surface area (Å²) in [7, 11) is 0. The Bertz CT molecular complexity index is 508. The zero-order chi connectivity index (χ0) is 19.4. The molecule has 1 fully saturated rings. The Labute approximate surface area is 156 Å². The average molecular weight is 364 g/mol. The third-order valence-corrected chi connectivity index (χ3v) is 4.93. The van der Waals surface area contributed by atoms with Gasteiger partial charge in [-0.2, -0.15) is 0 Å². The van der Waals surface area contributed by atoms with E-state index in [2.05, 4.69) is 6.92 Å². The van der Waals surface area contributed by atoms with Gasteiger partial charge in [0.2, 0.25) is 0 Å². The second kappa shape index (κ2) is 12.3. The van der Waals surface area contributed by atoms with Crippen molar-refractivity contribution in [3.63, 3.8) is 0 Å². The summed E-state index contributed by atoms with van der Waals surface area (Å²) in [5, 5.41) is 26.3. The number of aliphatic carboxylic acids is 2. The van der Waals surface area contributed by atoms with Gasteiger partial charge in [0.15, 0.2) is 0 Å². The van der Waals surface area contributed by atoms with E-state index in [0.717, 1.165) is 6.42 Å². The highest BCUT2D eigenvalue weighted by atomic mass is 16.4. The number of rotatable bonds is 8. The zero-order valence-corrected chi connectivity index (χ0v) is 15.7. The number of unbranched alkanes of at least 4 members (excludes halogenated alkanes) is 4. The molecule has 1 saturated carbocycles. The van der Waals surface area contributed by atoms with Gasteiger partial charge in [0.1, 0.15) is 5.75 Å². The maximum Gasteiger partial charge on any atom is 0.306 e. The van der Waals surface area contributed by atoms with Gasteiger partial charge in [0, 0.05) is 0 Å². The van der Waals surface area contributed by atoms with Crippen LogP contribution in [0, 0.1) is 11.8 Å². The van der Waals surface area contributed by atoms with E-state index in [-0.39, 0.29) is 11.8 Å². The Morgan fingerprint density at radius 2 is 1.31 bits per heavy atom. The lowest BCUT2D eigenvalue weighted by Gasteiger charge is -2.22. The van der Waals surface area contributed by atoms with E-state index in [1.54, 1.807) is 12.1 Å². The fourth-order valence-corrected chi connectivity index (χ4v) is 3.18. The lowest BCUT2D eigenvalue weighted by atomic mass is 9.82. The summed E-state index contributed by atoms with van der Waals surface area (Å²) in [5.41, 5.74) is 1.33. The van der Waals surface area contributed by atoms with Crippen molar-refractivity contribution in [1.82, 2.24) is 0 Å². The predicted molar refractivity (Wildman–Crippen MR) is 101 cm³/mol. The smallest absolute Gasteiger partial charge is 0.306 e. The Kier molecular flexibility index (Phi) is 10.4. The van der Waals surface area contributed by atoms with E-state index in [1.165, 1.54) is 37.7 Å². The number of hydrogen-bond donors (Lipinski definition) is 3. The fraction of sp³-hybridized carbons (Fsp3) is 0.619. The van der Waals surface area contributed by atoms with E-state index in [4.69, 9.17) is 15.3 Å². The first-order valence-electron chi connectivity index (χ1n) is 9.67. The van der Waals surface area contributed by atoms with Crippen molar-refractivity contribution in [2.24, 2.45) is 11.8 Å². The molecule has 0 radical (unpaired) electrons. The number of phenolic OH excluding ortho intramolecular Hbond substituents is 1. The van der Waals surface area contributed by atoms with Gasteiger partial charge < -0.3 is 15.3 Å². The van der Waals surface area contributed by atoms with Crippen molar-refractivity contribution in [1.29, 1.82) is 0 Å². The van der Waals surface area contributed by atoms with Gasteiger partial charge in [0.25, 0.3) is 0 Å². The lowest BCUT2D eigenvalue weighted by Crippen LogP contribution is -2.25. The van der Waals surface area contributed by atoms with Crippen LogP contribution in [-0.4, -0.2) is 27.3 Å². The predicted octanol–water partition coefficient (Wildman–Crippen LogP) is 4.87. The molecule has 0 unspecified atom stereocenters. The molecule has 1 aliphatic carbocycles. The fourth-order valence-electron chi connectivity index (χ4n) is 3.18. The molecule has 2 rings (SSSR count). The first-order chi connectivity index (χ1) is 12.4. The van der Waals surface area contributed by atoms with Crippen LogP contribution < -0.4 is 0 Å². The number of aromatic hydroxyl groups is 1. The van der Waals surface area contributed by atoms with Crippen LogP contribution in [0.5, 0.6) is 5.75 Å². The molecule has 0 bridgehead atoms. The number of hydrogen-bond acceptors (Lipinski definition) is 3. The lowest BCUT2D eigenvalue weighted by molar-refractivity contribution is -0.148. The summed E-state index contributed by atoms with van der Waals surface area (Å²) in [6.07, 6.45) is 9.78. The molecule has 1 aromatic carbocycles. The molecule has 0 atom stereocenters. The Morgan fingerprint density at radius 1 is 0.846 bits per heavy atom. The Balaban J connectivity index is 0.000000263. The molecule has 5 nitrogen and oxygen atoms in total. The van der Waals surface area contributed by atoms with Crippen LogP contribution >= 0.6 is 0 Å². The van der Waals surface area contributed by atoms with E-state index in [9.17, 15) is 9.59 Å². The van der Waals surface area contributed by atoms with Crippen molar-refractivity contribution in [3.05, 3.63) is 29.8 Å². The van der Waals surface area contributed by atoms with Crippen molar-refractivity contribution in [3.8, 4) is 5.75 Å². The molecule has 0 saturated heterocycles. The Morgan fingerprint density at radius 3 is 1.73 bits per heavy atom. The topological polar surface area (TPSA) is 94.8 Å². The first kappa shape index (κ1) is 22.0. The number of carboxylic acid groups (broad SMARTS) is 2. The van der Waals surface area contributed by atoms with Crippen LogP contribution in [0.15, 0.2) is 24.3 Å². The molecule has 0 heterocycles. The van der Waals surface area contributed by atoms with Crippen molar-refractivity contribution < 1.29 is 24.9 Å². The molecule has 0 aliphatic heterocycles. The maximum atomic E-state index is 10.5. The number of carboxylic acids is 2. The molecule has 26 heavy (non-hydrogen) atoms. The molecule has 0 spiro atoms. The molecule has 1 aliphatic rings. The second-order valence-corrected chi connectivity index (χ2v) is 7.06. The van der Waals surface area contributed by atoms with Gasteiger partial charge >= 0.3 is 11.9 Å². The van der Waals surface area contributed by atoms with E-state index in [1.807, 2.05) is 12.1 Å². The molecule has 5 heteroatoms. The van der Waals surface area contributed by atoms with E-state index < -0.39 is 11.9 Å². The molecule has 146 valence electrons. The van der Waals surface area contributed by atoms with Crippen molar-refractivity contribution in [2.45, 2.75) is 71.1 Å². The second-order valence-electron chi connectivity index (χ2n) is 7.06. The number of carbonyl (C=O) groups is 2.